The molecule has 0 aromatic heterocycles. The zero-order valence-electron chi connectivity index (χ0n) is 11.9. The molecule has 3 atom stereocenters. The van der Waals surface area contributed by atoms with E-state index in [1.165, 1.54) is 5.56 Å². The van der Waals surface area contributed by atoms with Crippen LogP contribution in [0.2, 0.25) is 0 Å². The Bertz CT molecular complexity index is 543. The van der Waals surface area contributed by atoms with Gasteiger partial charge in [0, 0.05) is 12.6 Å². The van der Waals surface area contributed by atoms with Gasteiger partial charge < -0.3 is 10.2 Å². The van der Waals surface area contributed by atoms with Crippen molar-refractivity contribution >= 4 is 11.8 Å². The van der Waals surface area contributed by atoms with Crippen molar-refractivity contribution in [2.24, 2.45) is 5.41 Å². The lowest BCUT2D eigenvalue weighted by Gasteiger charge is -2.33. The Balaban J connectivity index is 1.74. The number of carbonyl (C=O) groups excluding carboxylic acids is 2. The summed E-state index contributed by atoms with van der Waals surface area (Å²) in [6.07, 6.45) is 0.877. The van der Waals surface area contributed by atoms with Gasteiger partial charge in [0.1, 0.15) is 0 Å². The molecule has 20 heavy (non-hydrogen) atoms. The molecule has 3 rings (SSSR count). The standard InChI is InChI=1S/C16H20N2O2/c1-11-9-18(10-14(19)17-11)15(20)16(2)8-13(16)12-6-4-3-5-7-12/h3-7,11,13H,8-10H2,1-2H3,(H,17,19)/t11?,13-,16+/m1/s1. The van der Waals surface area contributed by atoms with Gasteiger partial charge in [-0.3, -0.25) is 9.59 Å². The van der Waals surface area contributed by atoms with Gasteiger partial charge in [-0.1, -0.05) is 37.3 Å². The third-order valence-corrected chi connectivity index (χ3v) is 4.45. The third kappa shape index (κ3) is 2.19. The number of carbonyl (C=O) groups is 2. The number of nitrogens with one attached hydrogen (secondary N) is 1. The molecule has 1 aliphatic heterocycles. The summed E-state index contributed by atoms with van der Waals surface area (Å²) in [5, 5.41) is 2.85. The normalized spacial score (nSPS) is 32.7. The Labute approximate surface area is 119 Å². The number of rotatable bonds is 2. The maximum absolute atomic E-state index is 12.7. The van der Waals surface area contributed by atoms with Gasteiger partial charge >= 0.3 is 0 Å². The van der Waals surface area contributed by atoms with E-state index in [0.29, 0.717) is 6.54 Å². The molecule has 1 aromatic rings. The van der Waals surface area contributed by atoms with Crippen LogP contribution in [0.1, 0.15) is 31.7 Å². The van der Waals surface area contributed by atoms with E-state index in [0.717, 1.165) is 6.42 Å². The van der Waals surface area contributed by atoms with Gasteiger partial charge in [-0.05, 0) is 24.8 Å². The highest BCUT2D eigenvalue weighted by Crippen LogP contribution is 2.59. The summed E-state index contributed by atoms with van der Waals surface area (Å²) in [5.41, 5.74) is 0.886. The van der Waals surface area contributed by atoms with Crippen molar-refractivity contribution < 1.29 is 9.59 Å². The third-order valence-electron chi connectivity index (χ3n) is 4.45. The molecule has 0 bridgehead atoms. The molecule has 1 unspecified atom stereocenters. The predicted molar refractivity (Wildman–Crippen MR) is 76.1 cm³/mol. The van der Waals surface area contributed by atoms with Crippen molar-refractivity contribution in [3.8, 4) is 0 Å². The molecule has 106 valence electrons. The smallest absolute Gasteiger partial charge is 0.239 e. The average molecular weight is 272 g/mol. The summed E-state index contributed by atoms with van der Waals surface area (Å²) in [6, 6.07) is 10.2. The minimum Gasteiger partial charge on any atom is -0.350 e. The molecule has 1 N–H and O–H groups in total. The molecule has 1 heterocycles. The van der Waals surface area contributed by atoms with E-state index < -0.39 is 0 Å². The van der Waals surface area contributed by atoms with E-state index in [4.69, 9.17) is 0 Å². The van der Waals surface area contributed by atoms with Crippen molar-refractivity contribution in [3.63, 3.8) is 0 Å². The van der Waals surface area contributed by atoms with E-state index in [1.807, 2.05) is 32.0 Å². The van der Waals surface area contributed by atoms with Crippen molar-refractivity contribution in [1.82, 2.24) is 10.2 Å². The molecular weight excluding hydrogens is 252 g/mol. The van der Waals surface area contributed by atoms with Crippen LogP contribution in [0, 0.1) is 5.41 Å². The lowest BCUT2D eigenvalue weighted by atomic mass is 9.99. The molecule has 1 aromatic carbocycles. The van der Waals surface area contributed by atoms with Crippen molar-refractivity contribution in [1.29, 1.82) is 0 Å². The molecule has 4 nitrogen and oxygen atoms in total. The van der Waals surface area contributed by atoms with Crippen LogP contribution < -0.4 is 5.32 Å². The van der Waals surface area contributed by atoms with Crippen molar-refractivity contribution in [2.45, 2.75) is 32.2 Å². The Morgan fingerprint density at radius 1 is 1.35 bits per heavy atom. The summed E-state index contributed by atoms with van der Waals surface area (Å²) >= 11 is 0. The summed E-state index contributed by atoms with van der Waals surface area (Å²) in [7, 11) is 0. The molecule has 2 aliphatic rings. The van der Waals surface area contributed by atoms with Gasteiger partial charge in [0.2, 0.25) is 11.8 Å². The number of piperazine rings is 1. The fraction of sp³-hybridized carbons (Fsp3) is 0.500. The summed E-state index contributed by atoms with van der Waals surface area (Å²) in [5.74, 6) is 0.349. The number of hydrogen-bond acceptors (Lipinski definition) is 2. The van der Waals surface area contributed by atoms with E-state index in [2.05, 4.69) is 17.4 Å². The quantitative estimate of drug-likeness (QED) is 0.887. The lowest BCUT2D eigenvalue weighted by molar-refractivity contribution is -0.143. The second-order valence-electron chi connectivity index (χ2n) is 6.24. The molecule has 0 spiro atoms. The molecule has 1 saturated heterocycles. The fourth-order valence-corrected chi connectivity index (χ4v) is 3.22. The molecule has 2 amide bonds. The Morgan fingerprint density at radius 2 is 2.05 bits per heavy atom. The minimum atomic E-state index is -0.335. The number of amides is 2. The van der Waals surface area contributed by atoms with E-state index >= 15 is 0 Å². The van der Waals surface area contributed by atoms with Crippen LogP contribution in [0.4, 0.5) is 0 Å². The van der Waals surface area contributed by atoms with Gasteiger partial charge in [-0.25, -0.2) is 0 Å². The monoisotopic (exact) mass is 272 g/mol. The van der Waals surface area contributed by atoms with Crippen LogP contribution in [-0.2, 0) is 9.59 Å². The molecule has 1 saturated carbocycles. The van der Waals surface area contributed by atoms with Crippen LogP contribution in [0.3, 0.4) is 0 Å². The summed E-state index contributed by atoms with van der Waals surface area (Å²) < 4.78 is 0. The maximum atomic E-state index is 12.7. The van der Waals surface area contributed by atoms with Crippen LogP contribution in [0.25, 0.3) is 0 Å². The second kappa shape index (κ2) is 4.62. The number of hydrogen-bond donors (Lipinski definition) is 1. The summed E-state index contributed by atoms with van der Waals surface area (Å²) in [4.78, 5) is 26.0. The van der Waals surface area contributed by atoms with Gasteiger partial charge in [0.25, 0.3) is 0 Å². The highest BCUT2D eigenvalue weighted by Gasteiger charge is 2.58. The first kappa shape index (κ1) is 13.2. The Kier molecular flexibility index (Phi) is 3.04. The maximum Gasteiger partial charge on any atom is 0.239 e. The molecular formula is C16H20N2O2. The van der Waals surface area contributed by atoms with Crippen LogP contribution in [0.15, 0.2) is 30.3 Å². The molecule has 0 radical (unpaired) electrons. The fourth-order valence-electron chi connectivity index (χ4n) is 3.22. The second-order valence-corrected chi connectivity index (χ2v) is 6.24. The largest absolute Gasteiger partial charge is 0.350 e. The molecule has 1 aliphatic carbocycles. The Hall–Kier alpha value is -1.84. The zero-order valence-corrected chi connectivity index (χ0v) is 11.9. The number of benzene rings is 1. The van der Waals surface area contributed by atoms with Crippen LogP contribution >= 0.6 is 0 Å². The molecule has 2 fully saturated rings. The molecule has 4 heteroatoms. The van der Waals surface area contributed by atoms with Crippen LogP contribution in [-0.4, -0.2) is 35.8 Å². The van der Waals surface area contributed by atoms with Crippen molar-refractivity contribution in [3.05, 3.63) is 35.9 Å². The van der Waals surface area contributed by atoms with Gasteiger partial charge in [0.15, 0.2) is 0 Å². The first-order valence-electron chi connectivity index (χ1n) is 7.14. The van der Waals surface area contributed by atoms with Gasteiger partial charge in [0.05, 0.1) is 12.0 Å². The zero-order chi connectivity index (χ0) is 14.3. The van der Waals surface area contributed by atoms with Crippen molar-refractivity contribution in [2.75, 3.05) is 13.1 Å². The SMILES string of the molecule is CC1CN(C(=O)[C@@]2(C)C[C@@H]2c2ccccc2)CC(=O)N1. The average Bonchev–Trinajstić information content (AvgIpc) is 3.11. The highest BCUT2D eigenvalue weighted by atomic mass is 16.2. The van der Waals surface area contributed by atoms with Crippen LogP contribution in [0.5, 0.6) is 0 Å². The van der Waals surface area contributed by atoms with E-state index in [-0.39, 0.29) is 35.7 Å². The Morgan fingerprint density at radius 3 is 2.70 bits per heavy atom. The lowest BCUT2D eigenvalue weighted by Crippen LogP contribution is -2.56. The topological polar surface area (TPSA) is 49.4 Å². The highest BCUT2D eigenvalue weighted by molar-refractivity contribution is 5.91. The minimum absolute atomic E-state index is 0.0396. The predicted octanol–water partition coefficient (Wildman–Crippen LogP) is 1.53. The van der Waals surface area contributed by atoms with E-state index in [1.54, 1.807) is 4.90 Å². The first-order valence-corrected chi connectivity index (χ1v) is 7.14. The van der Waals surface area contributed by atoms with E-state index in [9.17, 15) is 9.59 Å². The van der Waals surface area contributed by atoms with Gasteiger partial charge in [-0.2, -0.15) is 0 Å². The number of nitrogens with zero attached hydrogens (tertiary/aromatic N) is 1. The summed E-state index contributed by atoms with van der Waals surface area (Å²) in [6.45, 7) is 4.76. The van der Waals surface area contributed by atoms with Gasteiger partial charge in [-0.15, -0.1) is 0 Å². The first-order chi connectivity index (χ1) is 9.50.